The smallest absolute Gasteiger partial charge is 0.336 e. The predicted molar refractivity (Wildman–Crippen MR) is 105 cm³/mol. The van der Waals surface area contributed by atoms with E-state index in [2.05, 4.69) is 28.9 Å². The Morgan fingerprint density at radius 1 is 1.16 bits per heavy atom. The molecule has 5 heteroatoms. The molecule has 0 atom stereocenters. The van der Waals surface area contributed by atoms with Crippen molar-refractivity contribution in [3.8, 4) is 11.5 Å². The number of benzene rings is 1. The largest absolute Gasteiger partial charge is 0.490 e. The Kier molecular flexibility index (Phi) is 8.06. The van der Waals surface area contributed by atoms with Gasteiger partial charge in [-0.15, -0.1) is 0 Å². The van der Waals surface area contributed by atoms with E-state index in [0.29, 0.717) is 23.7 Å². The van der Waals surface area contributed by atoms with Crippen LogP contribution in [0.1, 0.15) is 45.4 Å². The lowest BCUT2D eigenvalue weighted by Gasteiger charge is -2.11. The fraction of sp³-hybridized carbons (Fsp3) is 0.450. The van der Waals surface area contributed by atoms with Gasteiger partial charge in [0.2, 0.25) is 5.75 Å². The molecule has 0 aliphatic carbocycles. The third kappa shape index (κ3) is 5.92. The van der Waals surface area contributed by atoms with Crippen molar-refractivity contribution in [2.24, 2.45) is 0 Å². The van der Waals surface area contributed by atoms with Gasteiger partial charge in [0, 0.05) is 15.9 Å². The minimum atomic E-state index is -0.410. The molecule has 0 N–H and O–H groups in total. The Bertz CT molecular complexity index is 764. The zero-order valence-electron chi connectivity index (χ0n) is 14.8. The maximum Gasteiger partial charge on any atom is 0.336 e. The quantitative estimate of drug-likeness (QED) is 0.367. The van der Waals surface area contributed by atoms with Crippen molar-refractivity contribution in [1.82, 2.24) is 0 Å². The van der Waals surface area contributed by atoms with Crippen LogP contribution in [0.25, 0.3) is 11.0 Å². The summed E-state index contributed by atoms with van der Waals surface area (Å²) in [6.07, 6.45) is 9.53. The number of allylic oxidation sites excluding steroid dienone is 1. The van der Waals surface area contributed by atoms with Crippen LogP contribution in [0.5, 0.6) is 11.5 Å². The van der Waals surface area contributed by atoms with Crippen LogP contribution < -0.4 is 15.1 Å². The molecule has 4 nitrogen and oxygen atoms in total. The highest BCUT2D eigenvalue weighted by Gasteiger charge is 2.12. The van der Waals surface area contributed by atoms with Gasteiger partial charge in [0.1, 0.15) is 6.61 Å². The highest BCUT2D eigenvalue weighted by Crippen LogP contribution is 2.35. The van der Waals surface area contributed by atoms with E-state index in [0.717, 1.165) is 16.3 Å². The highest BCUT2D eigenvalue weighted by molar-refractivity contribution is 9.11. The fourth-order valence-corrected chi connectivity index (χ4v) is 2.95. The molecule has 0 saturated carbocycles. The summed E-state index contributed by atoms with van der Waals surface area (Å²) in [5, 5.41) is 0.797. The van der Waals surface area contributed by atoms with Gasteiger partial charge in [0.15, 0.2) is 11.3 Å². The van der Waals surface area contributed by atoms with Crippen molar-refractivity contribution in [2.45, 2.75) is 45.4 Å². The first-order valence-corrected chi connectivity index (χ1v) is 9.53. The number of methoxy groups -OCH3 is 1. The molecule has 0 amide bonds. The molecule has 2 rings (SSSR count). The zero-order valence-corrected chi connectivity index (χ0v) is 16.4. The number of halogens is 1. The van der Waals surface area contributed by atoms with Gasteiger partial charge in [0.25, 0.3) is 0 Å². The van der Waals surface area contributed by atoms with Gasteiger partial charge in [-0.05, 0) is 31.0 Å². The van der Waals surface area contributed by atoms with Gasteiger partial charge in [-0.3, -0.25) is 0 Å². The molecule has 2 aromatic rings. The number of rotatable bonds is 10. The van der Waals surface area contributed by atoms with Crippen molar-refractivity contribution in [3.05, 3.63) is 45.2 Å². The van der Waals surface area contributed by atoms with Gasteiger partial charge >= 0.3 is 5.63 Å². The molecule has 0 radical (unpaired) electrons. The van der Waals surface area contributed by atoms with Crippen LogP contribution in [-0.4, -0.2) is 13.7 Å². The first kappa shape index (κ1) is 19.6. The summed E-state index contributed by atoms with van der Waals surface area (Å²) in [6.45, 7) is 2.63. The molecule has 1 heterocycles. The number of unbranched alkanes of at least 4 members (excludes halogenated alkanes) is 5. The predicted octanol–water partition coefficient (Wildman–Crippen LogP) is 5.82. The second kappa shape index (κ2) is 10.3. The first-order chi connectivity index (χ1) is 12.2. The maximum absolute atomic E-state index is 11.5. The number of hydrogen-bond acceptors (Lipinski definition) is 4. The molecule has 0 bridgehead atoms. The Morgan fingerprint density at radius 2 is 1.92 bits per heavy atom. The highest BCUT2D eigenvalue weighted by atomic mass is 79.9. The monoisotopic (exact) mass is 408 g/mol. The van der Waals surface area contributed by atoms with Gasteiger partial charge in [-0.1, -0.05) is 54.6 Å². The van der Waals surface area contributed by atoms with E-state index < -0.39 is 5.63 Å². The lowest BCUT2D eigenvalue weighted by atomic mass is 10.1. The molecule has 25 heavy (non-hydrogen) atoms. The van der Waals surface area contributed by atoms with E-state index in [1.165, 1.54) is 45.3 Å². The van der Waals surface area contributed by atoms with Crippen molar-refractivity contribution in [3.63, 3.8) is 0 Å². The fourth-order valence-electron chi connectivity index (χ4n) is 2.61. The minimum absolute atomic E-state index is 0.406. The van der Waals surface area contributed by atoms with Crippen LogP contribution in [0.4, 0.5) is 0 Å². The molecule has 0 unspecified atom stereocenters. The number of ether oxygens (including phenoxy) is 2. The topological polar surface area (TPSA) is 48.7 Å². The van der Waals surface area contributed by atoms with Crippen LogP contribution in [-0.2, 0) is 0 Å². The van der Waals surface area contributed by atoms with Crippen molar-refractivity contribution in [2.75, 3.05) is 13.7 Å². The van der Waals surface area contributed by atoms with E-state index in [4.69, 9.17) is 13.9 Å². The van der Waals surface area contributed by atoms with Crippen LogP contribution in [0, 0.1) is 0 Å². The summed E-state index contributed by atoms with van der Waals surface area (Å²) < 4.78 is 17.5. The summed E-state index contributed by atoms with van der Waals surface area (Å²) in [5.41, 5.74) is -0.00405. The van der Waals surface area contributed by atoms with Crippen LogP contribution in [0.3, 0.4) is 0 Å². The molecule has 0 saturated heterocycles. The zero-order chi connectivity index (χ0) is 18.1. The van der Waals surface area contributed by atoms with Crippen LogP contribution >= 0.6 is 15.9 Å². The lowest BCUT2D eigenvalue weighted by molar-refractivity contribution is 0.323. The minimum Gasteiger partial charge on any atom is -0.490 e. The Labute approximate surface area is 156 Å². The van der Waals surface area contributed by atoms with Crippen molar-refractivity contribution < 1.29 is 13.9 Å². The molecular weight excluding hydrogens is 384 g/mol. The summed E-state index contributed by atoms with van der Waals surface area (Å²) in [6, 6.07) is 6.78. The third-order valence-electron chi connectivity index (χ3n) is 3.95. The Hall–Kier alpha value is -1.75. The van der Waals surface area contributed by atoms with Gasteiger partial charge in [0.05, 0.1) is 7.11 Å². The summed E-state index contributed by atoms with van der Waals surface area (Å²) >= 11 is 3.55. The molecule has 1 aromatic carbocycles. The number of fused-ring (bicyclic) bond motifs is 1. The van der Waals surface area contributed by atoms with E-state index in [-0.39, 0.29) is 0 Å². The molecule has 0 spiro atoms. The summed E-state index contributed by atoms with van der Waals surface area (Å²) in [5.74, 6) is 0.993. The average Bonchev–Trinajstić information content (AvgIpc) is 2.62. The van der Waals surface area contributed by atoms with Gasteiger partial charge in [-0.25, -0.2) is 4.79 Å². The third-order valence-corrected chi connectivity index (χ3v) is 4.50. The summed E-state index contributed by atoms with van der Waals surface area (Å²) in [4.78, 5) is 11.5. The van der Waals surface area contributed by atoms with Crippen LogP contribution in [0.15, 0.2) is 44.0 Å². The van der Waals surface area contributed by atoms with Crippen molar-refractivity contribution in [1.29, 1.82) is 0 Å². The van der Waals surface area contributed by atoms with E-state index >= 15 is 0 Å². The van der Waals surface area contributed by atoms with Crippen molar-refractivity contribution >= 4 is 26.9 Å². The van der Waals surface area contributed by atoms with Gasteiger partial charge < -0.3 is 13.9 Å². The maximum atomic E-state index is 11.5. The first-order valence-electron chi connectivity index (χ1n) is 8.74. The lowest BCUT2D eigenvalue weighted by Crippen LogP contribution is -2.01. The van der Waals surface area contributed by atoms with Gasteiger partial charge in [-0.2, -0.15) is 0 Å². The van der Waals surface area contributed by atoms with E-state index in [9.17, 15) is 4.79 Å². The molecule has 0 aliphatic rings. The number of hydrogen-bond donors (Lipinski definition) is 0. The molecule has 136 valence electrons. The van der Waals surface area contributed by atoms with E-state index in [1.807, 2.05) is 12.1 Å². The molecule has 0 aliphatic heterocycles. The SMILES string of the molecule is CCCCCCCC=C(Br)COc1ccc2ccc(=O)oc2c1OC. The Morgan fingerprint density at radius 3 is 2.68 bits per heavy atom. The molecule has 0 fully saturated rings. The standard InChI is InChI=1S/C20H25BrO4/c1-3-4-5-6-7-8-9-16(21)14-24-17-12-10-15-11-13-18(22)25-19(15)20(17)23-2/h9-13H,3-8,14H2,1-2H3. The van der Waals surface area contributed by atoms with Crippen LogP contribution in [0.2, 0.25) is 0 Å². The second-order valence-electron chi connectivity index (χ2n) is 5.91. The second-order valence-corrected chi connectivity index (χ2v) is 6.93. The molecular formula is C20H25BrO4. The molecule has 1 aromatic heterocycles. The normalized spacial score (nSPS) is 11.7. The summed E-state index contributed by atoms with van der Waals surface area (Å²) in [7, 11) is 1.54. The average molecular weight is 409 g/mol. The Balaban J connectivity index is 1.97. The van der Waals surface area contributed by atoms with E-state index in [1.54, 1.807) is 6.07 Å².